The van der Waals surface area contributed by atoms with Crippen molar-refractivity contribution in [3.8, 4) is 5.75 Å². The Morgan fingerprint density at radius 2 is 2.00 bits per heavy atom. The lowest BCUT2D eigenvalue weighted by molar-refractivity contribution is 0.302. The molecule has 2 N–H and O–H groups in total. The fourth-order valence-corrected chi connectivity index (χ4v) is 2.26. The molecule has 102 valence electrons. The van der Waals surface area contributed by atoms with Crippen LogP contribution in [0.15, 0.2) is 18.2 Å². The second kappa shape index (κ2) is 5.17. The van der Waals surface area contributed by atoms with Gasteiger partial charge in [0.2, 0.25) is 5.13 Å². The Morgan fingerprint density at radius 1 is 1.26 bits per heavy atom. The molecule has 0 saturated carbocycles. The van der Waals surface area contributed by atoms with Gasteiger partial charge < -0.3 is 10.5 Å². The predicted molar refractivity (Wildman–Crippen MR) is 78.5 cm³/mol. The molecular formula is C14H19N3OS. The van der Waals surface area contributed by atoms with Crippen LogP contribution >= 0.6 is 11.3 Å². The van der Waals surface area contributed by atoms with E-state index in [2.05, 4.69) is 50.0 Å². The number of aryl methyl sites for hydroxylation is 1. The number of nitrogen functional groups attached to an aromatic ring is 1. The number of ether oxygens (including phenoxy) is 1. The summed E-state index contributed by atoms with van der Waals surface area (Å²) in [5, 5.41) is 8.96. The number of anilines is 1. The first-order chi connectivity index (χ1) is 8.86. The molecule has 2 rings (SSSR count). The minimum Gasteiger partial charge on any atom is -0.486 e. The molecular weight excluding hydrogens is 258 g/mol. The third-order valence-corrected chi connectivity index (χ3v) is 3.60. The molecule has 0 amide bonds. The molecule has 0 bridgehead atoms. The zero-order valence-electron chi connectivity index (χ0n) is 11.7. The number of aromatic nitrogens is 2. The third kappa shape index (κ3) is 3.44. The molecule has 2 aromatic rings. The molecule has 0 aliphatic carbocycles. The predicted octanol–water partition coefficient (Wildman–Crippen LogP) is 3.31. The van der Waals surface area contributed by atoms with E-state index < -0.39 is 0 Å². The van der Waals surface area contributed by atoms with Gasteiger partial charge in [0.15, 0.2) is 5.01 Å². The Kier molecular flexibility index (Phi) is 3.75. The van der Waals surface area contributed by atoms with Gasteiger partial charge in [-0.15, -0.1) is 10.2 Å². The van der Waals surface area contributed by atoms with Crippen LogP contribution in [0.2, 0.25) is 0 Å². The smallest absolute Gasteiger partial charge is 0.203 e. The molecule has 0 aliphatic rings. The highest BCUT2D eigenvalue weighted by Gasteiger charge is 2.14. The van der Waals surface area contributed by atoms with E-state index in [0.717, 1.165) is 16.3 Å². The van der Waals surface area contributed by atoms with Gasteiger partial charge in [0.25, 0.3) is 0 Å². The average molecular weight is 277 g/mol. The molecule has 0 fully saturated rings. The normalized spacial score (nSPS) is 11.6. The van der Waals surface area contributed by atoms with E-state index in [1.54, 1.807) is 0 Å². The van der Waals surface area contributed by atoms with Crippen molar-refractivity contribution in [1.29, 1.82) is 0 Å². The molecule has 19 heavy (non-hydrogen) atoms. The van der Waals surface area contributed by atoms with Crippen molar-refractivity contribution in [3.63, 3.8) is 0 Å². The number of benzene rings is 1. The monoisotopic (exact) mass is 277 g/mol. The first-order valence-electron chi connectivity index (χ1n) is 6.18. The summed E-state index contributed by atoms with van der Waals surface area (Å²) in [6.45, 7) is 9.06. The van der Waals surface area contributed by atoms with Gasteiger partial charge >= 0.3 is 0 Å². The van der Waals surface area contributed by atoms with Gasteiger partial charge in [-0.2, -0.15) is 0 Å². The fraction of sp³-hybridized carbons (Fsp3) is 0.429. The highest BCUT2D eigenvalue weighted by Crippen LogP contribution is 2.28. The van der Waals surface area contributed by atoms with Gasteiger partial charge in [0.1, 0.15) is 12.4 Å². The molecule has 5 heteroatoms. The number of hydrogen-bond acceptors (Lipinski definition) is 5. The van der Waals surface area contributed by atoms with Crippen LogP contribution in [0.3, 0.4) is 0 Å². The number of hydrogen-bond donors (Lipinski definition) is 1. The van der Waals surface area contributed by atoms with Crippen LogP contribution in [0.25, 0.3) is 0 Å². The van der Waals surface area contributed by atoms with Crippen molar-refractivity contribution >= 4 is 16.5 Å². The number of nitrogens with two attached hydrogens (primary N) is 1. The lowest BCUT2D eigenvalue weighted by Gasteiger charge is -2.20. The zero-order valence-corrected chi connectivity index (χ0v) is 12.5. The second-order valence-electron chi connectivity index (χ2n) is 5.55. The highest BCUT2D eigenvalue weighted by molar-refractivity contribution is 7.15. The summed E-state index contributed by atoms with van der Waals surface area (Å²) >= 11 is 1.35. The molecule has 0 saturated heterocycles. The van der Waals surface area contributed by atoms with Gasteiger partial charge in [-0.25, -0.2) is 0 Å². The first kappa shape index (κ1) is 13.8. The van der Waals surface area contributed by atoms with E-state index in [1.807, 2.05) is 6.07 Å². The quantitative estimate of drug-likeness (QED) is 0.935. The van der Waals surface area contributed by atoms with Crippen LogP contribution in [0, 0.1) is 6.92 Å². The zero-order chi connectivity index (χ0) is 14.0. The number of rotatable bonds is 3. The van der Waals surface area contributed by atoms with E-state index >= 15 is 0 Å². The van der Waals surface area contributed by atoms with Crippen LogP contribution < -0.4 is 10.5 Å². The van der Waals surface area contributed by atoms with Crippen molar-refractivity contribution in [1.82, 2.24) is 10.2 Å². The van der Waals surface area contributed by atoms with Gasteiger partial charge in [-0.05, 0) is 29.5 Å². The lowest BCUT2D eigenvalue weighted by Crippen LogP contribution is -2.11. The Balaban J connectivity index is 2.09. The van der Waals surface area contributed by atoms with Crippen molar-refractivity contribution in [3.05, 3.63) is 34.3 Å². The Morgan fingerprint density at radius 3 is 2.53 bits per heavy atom. The molecule has 0 aliphatic heterocycles. The molecule has 1 heterocycles. The molecule has 4 nitrogen and oxygen atoms in total. The van der Waals surface area contributed by atoms with Crippen LogP contribution in [0.4, 0.5) is 5.13 Å². The fourth-order valence-electron chi connectivity index (χ4n) is 1.74. The van der Waals surface area contributed by atoms with Gasteiger partial charge in [0, 0.05) is 0 Å². The maximum atomic E-state index is 5.76. The van der Waals surface area contributed by atoms with Crippen LogP contribution in [0.1, 0.15) is 36.9 Å². The summed E-state index contributed by atoms with van der Waals surface area (Å²) in [5.41, 5.74) is 8.12. The summed E-state index contributed by atoms with van der Waals surface area (Å²) in [6.07, 6.45) is 0. The van der Waals surface area contributed by atoms with E-state index in [9.17, 15) is 0 Å². The maximum absolute atomic E-state index is 5.76. The Labute approximate surface area is 117 Å². The van der Waals surface area contributed by atoms with Crippen molar-refractivity contribution in [2.75, 3.05) is 5.73 Å². The largest absolute Gasteiger partial charge is 0.486 e. The molecule has 0 radical (unpaired) electrons. The molecule has 0 unspecified atom stereocenters. The minimum absolute atomic E-state index is 0.150. The van der Waals surface area contributed by atoms with Gasteiger partial charge in [-0.3, -0.25) is 0 Å². The van der Waals surface area contributed by atoms with Gasteiger partial charge in [-0.1, -0.05) is 44.2 Å². The SMILES string of the molecule is Cc1cc(C(C)(C)C)ccc1OCc1nnc(N)s1. The van der Waals surface area contributed by atoms with Crippen molar-refractivity contribution in [2.24, 2.45) is 0 Å². The van der Waals surface area contributed by atoms with Crippen LogP contribution in [0.5, 0.6) is 5.75 Å². The van der Waals surface area contributed by atoms with Gasteiger partial charge in [0.05, 0.1) is 0 Å². The Hall–Kier alpha value is -1.62. The van der Waals surface area contributed by atoms with E-state index in [4.69, 9.17) is 10.5 Å². The topological polar surface area (TPSA) is 61.0 Å². The molecule has 1 aromatic heterocycles. The highest BCUT2D eigenvalue weighted by atomic mass is 32.1. The van der Waals surface area contributed by atoms with Crippen molar-refractivity contribution < 1.29 is 4.74 Å². The average Bonchev–Trinajstić information content (AvgIpc) is 2.72. The summed E-state index contributed by atoms with van der Waals surface area (Å²) in [6, 6.07) is 6.29. The first-order valence-corrected chi connectivity index (χ1v) is 7.00. The van der Waals surface area contributed by atoms with E-state index in [-0.39, 0.29) is 5.41 Å². The van der Waals surface area contributed by atoms with Crippen molar-refractivity contribution in [2.45, 2.75) is 39.7 Å². The maximum Gasteiger partial charge on any atom is 0.203 e. The summed E-state index contributed by atoms with van der Waals surface area (Å²) in [7, 11) is 0. The van der Waals surface area contributed by atoms with Crippen LogP contribution in [-0.4, -0.2) is 10.2 Å². The summed E-state index contributed by atoms with van der Waals surface area (Å²) < 4.78 is 5.76. The minimum atomic E-state index is 0.150. The summed E-state index contributed by atoms with van der Waals surface area (Å²) in [5.74, 6) is 0.877. The second-order valence-corrected chi connectivity index (χ2v) is 6.65. The van der Waals surface area contributed by atoms with E-state index in [0.29, 0.717) is 11.7 Å². The standard InChI is InChI=1S/C14H19N3OS/c1-9-7-10(14(2,3)4)5-6-11(9)18-8-12-16-17-13(15)19-12/h5-7H,8H2,1-4H3,(H2,15,17). The number of nitrogens with zero attached hydrogens (tertiary/aromatic N) is 2. The third-order valence-electron chi connectivity index (χ3n) is 2.87. The lowest BCUT2D eigenvalue weighted by atomic mass is 9.86. The summed E-state index contributed by atoms with van der Waals surface area (Å²) in [4.78, 5) is 0. The Bertz CT molecular complexity index is 572. The van der Waals surface area contributed by atoms with E-state index in [1.165, 1.54) is 16.9 Å². The van der Waals surface area contributed by atoms with Crippen LogP contribution in [-0.2, 0) is 12.0 Å². The molecule has 1 aromatic carbocycles. The molecule has 0 atom stereocenters. The molecule has 0 spiro atoms.